The smallest absolute Gasteiger partial charge is 0.255 e. The summed E-state index contributed by atoms with van der Waals surface area (Å²) in [6, 6.07) is 6.13. The summed E-state index contributed by atoms with van der Waals surface area (Å²) in [7, 11) is 1.50. The Morgan fingerprint density at radius 1 is 1.11 bits per heavy atom. The van der Waals surface area contributed by atoms with Crippen molar-refractivity contribution in [3.8, 4) is 11.5 Å². The minimum absolute atomic E-state index is 0.0229. The third kappa shape index (κ3) is 4.09. The Morgan fingerprint density at radius 3 is 2.50 bits per heavy atom. The molecule has 0 aromatic heterocycles. The van der Waals surface area contributed by atoms with Gasteiger partial charge in [-0.3, -0.25) is 14.4 Å². The van der Waals surface area contributed by atoms with Gasteiger partial charge in [-0.1, -0.05) is 12.1 Å². The monoisotopic (exact) mass is 604 g/mol. The summed E-state index contributed by atoms with van der Waals surface area (Å²) in [4.78, 5) is 40.4. The average molecular weight is 605 g/mol. The molecule has 7 N–H and O–H groups in total. The number of carbonyl (C=O) groups is 3. The van der Waals surface area contributed by atoms with Crippen LogP contribution in [0.15, 0.2) is 35.1 Å². The van der Waals surface area contributed by atoms with E-state index >= 15 is 0 Å². The Bertz CT molecular complexity index is 1680. The molecule has 2 saturated carbocycles. The van der Waals surface area contributed by atoms with Crippen LogP contribution in [-0.2, 0) is 32.1 Å². The SMILES string of the molecule is COc1c2c(c(O)c3cc(CNC4CC4)ccc13)C(O)=C1C(=O)[C@]3(O)C(O)=C(C(N)=O)C(=O)[C@@H](C4CCOCC4)[C@@H]3C[C@@H]1C2. The van der Waals surface area contributed by atoms with Crippen molar-refractivity contribution < 1.29 is 44.3 Å². The van der Waals surface area contributed by atoms with Crippen LogP contribution in [-0.4, -0.2) is 69.9 Å². The number of amides is 1. The van der Waals surface area contributed by atoms with E-state index in [0.717, 1.165) is 18.4 Å². The van der Waals surface area contributed by atoms with Crippen molar-refractivity contribution in [2.75, 3.05) is 20.3 Å². The molecular formula is C33H36N2O9. The fraction of sp³-hybridized carbons (Fsp3) is 0.485. The van der Waals surface area contributed by atoms with E-state index < -0.39 is 57.9 Å². The quantitative estimate of drug-likeness (QED) is 0.267. The number of aliphatic hydroxyl groups is 3. The number of aliphatic hydroxyl groups excluding tert-OH is 2. The highest BCUT2D eigenvalue weighted by Crippen LogP contribution is 2.57. The minimum atomic E-state index is -2.66. The fourth-order valence-corrected chi connectivity index (χ4v) is 8.10. The van der Waals surface area contributed by atoms with Gasteiger partial charge in [-0.2, -0.15) is 0 Å². The molecule has 0 radical (unpaired) electrons. The second-order valence-electron chi connectivity index (χ2n) is 12.8. The van der Waals surface area contributed by atoms with E-state index in [1.807, 2.05) is 18.2 Å². The normalized spacial score (nSPS) is 29.0. The Kier molecular flexibility index (Phi) is 6.76. The number of phenols is 1. The summed E-state index contributed by atoms with van der Waals surface area (Å²) >= 11 is 0. The van der Waals surface area contributed by atoms with E-state index in [1.165, 1.54) is 7.11 Å². The topological polar surface area (TPSA) is 189 Å². The molecule has 3 fully saturated rings. The second kappa shape index (κ2) is 10.3. The van der Waals surface area contributed by atoms with Gasteiger partial charge in [0.1, 0.15) is 28.6 Å². The number of hydrogen-bond donors (Lipinski definition) is 6. The molecule has 232 valence electrons. The third-order valence-corrected chi connectivity index (χ3v) is 10.4. The number of phenolic OH excluding ortho intramolecular Hbond substituents is 1. The van der Waals surface area contributed by atoms with Crippen LogP contribution in [0.4, 0.5) is 0 Å². The van der Waals surface area contributed by atoms with Crippen molar-refractivity contribution in [1.29, 1.82) is 0 Å². The highest BCUT2D eigenvalue weighted by atomic mass is 16.5. The van der Waals surface area contributed by atoms with Crippen LogP contribution in [0, 0.1) is 23.7 Å². The standard InChI is InChI=1S/C33H36N2O9/c1-43-29-18-5-2-14(13-35-17-3-4-17)10-19(18)26(36)24-20(29)11-16-12-21-22(15-6-8-44-9-7-15)27(37)25(32(34)41)31(40)33(21,42)30(39)23(16)28(24)38/h2,5,10,15-17,21-22,35-36,38,40,42H,3-4,6-9,11-13H2,1H3,(H2,34,41)/t16-,21-,22-,33-/m0/s1. The maximum atomic E-state index is 14.3. The summed E-state index contributed by atoms with van der Waals surface area (Å²) in [6.45, 7) is 1.35. The number of primary amides is 1. The lowest BCUT2D eigenvalue weighted by Crippen LogP contribution is -2.62. The van der Waals surface area contributed by atoms with Gasteiger partial charge >= 0.3 is 0 Å². The van der Waals surface area contributed by atoms with Crippen molar-refractivity contribution in [2.45, 2.75) is 56.7 Å². The van der Waals surface area contributed by atoms with Crippen LogP contribution in [0.2, 0.25) is 0 Å². The molecule has 44 heavy (non-hydrogen) atoms. The second-order valence-corrected chi connectivity index (χ2v) is 12.8. The predicted molar refractivity (Wildman–Crippen MR) is 158 cm³/mol. The fourth-order valence-electron chi connectivity index (χ4n) is 8.10. The molecule has 5 aliphatic rings. The molecule has 0 bridgehead atoms. The summed E-state index contributed by atoms with van der Waals surface area (Å²) in [5.74, 6) is -7.34. The molecule has 0 spiro atoms. The van der Waals surface area contributed by atoms with Crippen LogP contribution >= 0.6 is 0 Å². The van der Waals surface area contributed by atoms with Gasteiger partial charge < -0.3 is 41.0 Å². The van der Waals surface area contributed by atoms with Crippen molar-refractivity contribution in [3.05, 3.63) is 51.8 Å². The van der Waals surface area contributed by atoms with Crippen molar-refractivity contribution in [2.24, 2.45) is 29.4 Å². The van der Waals surface area contributed by atoms with E-state index in [2.05, 4.69) is 5.32 Å². The summed E-state index contributed by atoms with van der Waals surface area (Å²) < 4.78 is 11.3. The number of Topliss-reactive ketones (excluding diaryl/α,β-unsaturated/α-hetero) is 2. The Morgan fingerprint density at radius 2 is 1.84 bits per heavy atom. The van der Waals surface area contributed by atoms with E-state index in [9.17, 15) is 34.8 Å². The number of ketones is 2. The van der Waals surface area contributed by atoms with Crippen LogP contribution in [0.3, 0.4) is 0 Å². The molecule has 7 rings (SSSR count). The van der Waals surface area contributed by atoms with E-state index in [-0.39, 0.29) is 35.6 Å². The number of rotatable bonds is 6. The number of ether oxygens (including phenoxy) is 2. The first-order valence-corrected chi connectivity index (χ1v) is 15.2. The summed E-state index contributed by atoms with van der Waals surface area (Å²) in [6.07, 6.45) is 3.42. The third-order valence-electron chi connectivity index (χ3n) is 10.4. The molecule has 1 aliphatic heterocycles. The first-order valence-electron chi connectivity index (χ1n) is 15.2. The van der Waals surface area contributed by atoms with Gasteiger partial charge in [-0.25, -0.2) is 0 Å². The molecule has 4 atom stereocenters. The zero-order valence-electron chi connectivity index (χ0n) is 24.4. The zero-order chi connectivity index (χ0) is 31.1. The molecule has 11 nitrogen and oxygen atoms in total. The van der Waals surface area contributed by atoms with Gasteiger partial charge in [0.2, 0.25) is 5.78 Å². The first kappa shape index (κ1) is 28.8. The van der Waals surface area contributed by atoms with Gasteiger partial charge in [0.15, 0.2) is 11.4 Å². The van der Waals surface area contributed by atoms with Gasteiger partial charge in [0.05, 0.1) is 12.7 Å². The molecule has 2 aromatic carbocycles. The van der Waals surface area contributed by atoms with E-state index in [4.69, 9.17) is 15.2 Å². The van der Waals surface area contributed by atoms with E-state index in [1.54, 1.807) is 0 Å². The highest BCUT2D eigenvalue weighted by molar-refractivity contribution is 6.23. The molecule has 1 heterocycles. The van der Waals surface area contributed by atoms with Gasteiger partial charge in [0, 0.05) is 59.5 Å². The molecule has 0 unspecified atom stereocenters. The van der Waals surface area contributed by atoms with Crippen LogP contribution < -0.4 is 15.8 Å². The van der Waals surface area contributed by atoms with Gasteiger partial charge in [-0.15, -0.1) is 0 Å². The molecule has 4 aliphatic carbocycles. The lowest BCUT2D eigenvalue weighted by Gasteiger charge is -2.51. The number of hydrogen-bond acceptors (Lipinski definition) is 10. The number of nitrogens with one attached hydrogen (secondary N) is 1. The maximum absolute atomic E-state index is 14.3. The molecule has 11 heteroatoms. The number of nitrogens with two attached hydrogens (primary N) is 1. The van der Waals surface area contributed by atoms with Crippen molar-refractivity contribution in [3.63, 3.8) is 0 Å². The average Bonchev–Trinajstić information content (AvgIpc) is 3.83. The Balaban J connectivity index is 1.39. The van der Waals surface area contributed by atoms with Gasteiger partial charge in [-0.05, 0) is 62.0 Å². The van der Waals surface area contributed by atoms with Crippen LogP contribution in [0.25, 0.3) is 16.5 Å². The molecular weight excluding hydrogens is 568 g/mol. The highest BCUT2D eigenvalue weighted by Gasteiger charge is 2.64. The predicted octanol–water partition coefficient (Wildman–Crippen LogP) is 2.49. The molecule has 1 amide bonds. The summed E-state index contributed by atoms with van der Waals surface area (Å²) in [5, 5.41) is 51.1. The first-order chi connectivity index (χ1) is 21.1. The van der Waals surface area contributed by atoms with E-state index in [0.29, 0.717) is 60.7 Å². The zero-order valence-corrected chi connectivity index (χ0v) is 24.4. The number of aromatic hydroxyl groups is 1. The van der Waals surface area contributed by atoms with Crippen molar-refractivity contribution in [1.82, 2.24) is 5.32 Å². The Labute approximate surface area is 253 Å². The molecule has 1 saturated heterocycles. The van der Waals surface area contributed by atoms with Crippen LogP contribution in [0.1, 0.15) is 48.8 Å². The maximum Gasteiger partial charge on any atom is 0.255 e. The van der Waals surface area contributed by atoms with Crippen molar-refractivity contribution >= 4 is 34.0 Å². The number of benzene rings is 2. The number of methoxy groups -OCH3 is 1. The van der Waals surface area contributed by atoms with Gasteiger partial charge in [0.25, 0.3) is 5.91 Å². The minimum Gasteiger partial charge on any atom is -0.508 e. The lowest BCUT2D eigenvalue weighted by atomic mass is 9.53. The lowest BCUT2D eigenvalue weighted by molar-refractivity contribution is -0.157. The number of fused-ring (bicyclic) bond motifs is 4. The largest absolute Gasteiger partial charge is 0.508 e. The molecule has 2 aromatic rings. The summed E-state index contributed by atoms with van der Waals surface area (Å²) in [5.41, 5.74) is 3.35. The number of carbonyl (C=O) groups excluding carboxylic acids is 3. The Hall–Kier alpha value is -3.93. The van der Waals surface area contributed by atoms with Crippen LogP contribution in [0.5, 0.6) is 11.5 Å².